The van der Waals surface area contributed by atoms with Crippen LogP contribution in [0, 0.1) is 0 Å². The van der Waals surface area contributed by atoms with Crippen molar-refractivity contribution in [3.63, 3.8) is 0 Å². The van der Waals surface area contributed by atoms with Crippen LogP contribution in [0.2, 0.25) is 0 Å². The number of hydrogen-bond acceptors (Lipinski definition) is 6. The van der Waals surface area contributed by atoms with Gasteiger partial charge in [-0.3, -0.25) is 20.4 Å². The number of alkyl halides is 3. The maximum atomic E-state index is 13.0. The number of thiophene rings is 1. The van der Waals surface area contributed by atoms with E-state index >= 15 is 0 Å². The van der Waals surface area contributed by atoms with Crippen molar-refractivity contribution in [1.82, 2.24) is 20.8 Å². The molecule has 0 saturated heterocycles. The second-order valence-corrected chi connectivity index (χ2v) is 7.05. The van der Waals surface area contributed by atoms with Crippen LogP contribution in [-0.4, -0.2) is 27.5 Å². The van der Waals surface area contributed by atoms with Gasteiger partial charge < -0.3 is 0 Å². The van der Waals surface area contributed by atoms with Gasteiger partial charge in [-0.05, 0) is 17.5 Å². The quantitative estimate of drug-likeness (QED) is 0.390. The number of hydrazine groups is 1. The summed E-state index contributed by atoms with van der Waals surface area (Å²) in [5.41, 5.74) is 4.59. The molecule has 0 atom stereocenters. The van der Waals surface area contributed by atoms with E-state index in [-0.39, 0.29) is 16.3 Å². The second-order valence-electron chi connectivity index (χ2n) is 5.14. The number of nitrogens with zero attached hydrogens (tertiary/aromatic N) is 2. The Morgan fingerprint density at radius 1 is 1.07 bits per heavy atom. The molecule has 0 spiro atoms. The Morgan fingerprint density at radius 3 is 2.56 bits per heavy atom. The van der Waals surface area contributed by atoms with E-state index in [1.807, 2.05) is 0 Å². The van der Waals surface area contributed by atoms with Crippen molar-refractivity contribution in [1.29, 1.82) is 0 Å². The Hall–Kier alpha value is -2.66. The summed E-state index contributed by atoms with van der Waals surface area (Å²) in [4.78, 5) is 31.1. The molecular weight excluding hydrogens is 401 g/mol. The Bertz CT molecular complexity index is 977. The summed E-state index contributed by atoms with van der Waals surface area (Å²) in [6.07, 6.45) is -4.70. The zero-order valence-corrected chi connectivity index (χ0v) is 15.0. The normalized spacial score (nSPS) is 11.4. The van der Waals surface area contributed by atoms with Crippen LogP contribution in [-0.2, 0) is 11.0 Å². The predicted octanol–water partition coefficient (Wildman–Crippen LogP) is 3.26. The van der Waals surface area contributed by atoms with Gasteiger partial charge in [0.1, 0.15) is 5.03 Å². The van der Waals surface area contributed by atoms with Crippen molar-refractivity contribution in [2.75, 3.05) is 5.75 Å². The third-order valence-corrected chi connectivity index (χ3v) is 5.08. The third kappa shape index (κ3) is 4.74. The smallest absolute Gasteiger partial charge is 0.272 e. The van der Waals surface area contributed by atoms with Crippen LogP contribution in [0.4, 0.5) is 13.2 Å². The van der Waals surface area contributed by atoms with Crippen LogP contribution >= 0.6 is 23.1 Å². The van der Waals surface area contributed by atoms with E-state index in [2.05, 4.69) is 20.8 Å². The number of carbonyl (C=O) groups is 2. The number of para-hydroxylation sites is 1. The van der Waals surface area contributed by atoms with Gasteiger partial charge in [-0.25, -0.2) is 9.97 Å². The van der Waals surface area contributed by atoms with Gasteiger partial charge in [0, 0.05) is 5.39 Å². The maximum absolute atomic E-state index is 13.0. The summed E-state index contributed by atoms with van der Waals surface area (Å²) in [5, 5.41) is 2.16. The largest absolute Gasteiger partial charge is 0.451 e. The first kappa shape index (κ1) is 19.1. The summed E-state index contributed by atoms with van der Waals surface area (Å²) >= 11 is 2.03. The van der Waals surface area contributed by atoms with E-state index in [1.54, 1.807) is 35.7 Å². The average Bonchev–Trinajstić information content (AvgIpc) is 3.18. The Balaban J connectivity index is 1.69. The van der Waals surface area contributed by atoms with E-state index < -0.39 is 23.8 Å². The summed E-state index contributed by atoms with van der Waals surface area (Å²) in [6, 6.07) is 9.51. The molecule has 1 aromatic carbocycles. The maximum Gasteiger partial charge on any atom is 0.451 e. The second kappa shape index (κ2) is 7.92. The van der Waals surface area contributed by atoms with Gasteiger partial charge in [-0.15, -0.1) is 11.3 Å². The van der Waals surface area contributed by atoms with Gasteiger partial charge in [-0.2, -0.15) is 13.2 Å². The monoisotopic (exact) mass is 412 g/mol. The molecule has 140 valence electrons. The van der Waals surface area contributed by atoms with Crippen molar-refractivity contribution in [2.45, 2.75) is 11.2 Å². The summed E-state index contributed by atoms with van der Waals surface area (Å²) in [6.45, 7) is 0. The highest BCUT2D eigenvalue weighted by Gasteiger charge is 2.35. The molecule has 0 aliphatic heterocycles. The van der Waals surface area contributed by atoms with Crippen molar-refractivity contribution in [3.05, 3.63) is 52.5 Å². The number of fused-ring (bicyclic) bond motifs is 1. The number of rotatable bonds is 4. The number of hydrogen-bond donors (Lipinski definition) is 2. The summed E-state index contributed by atoms with van der Waals surface area (Å²) in [7, 11) is 0. The van der Waals surface area contributed by atoms with Crippen molar-refractivity contribution < 1.29 is 22.8 Å². The van der Waals surface area contributed by atoms with Crippen LogP contribution in [0.3, 0.4) is 0 Å². The van der Waals surface area contributed by atoms with Crippen LogP contribution in [0.15, 0.2) is 46.8 Å². The molecular formula is C16H11F3N4O2S2. The van der Waals surface area contributed by atoms with Crippen molar-refractivity contribution in [3.8, 4) is 0 Å². The predicted molar refractivity (Wildman–Crippen MR) is 95.2 cm³/mol. The fourth-order valence-corrected chi connectivity index (χ4v) is 3.49. The molecule has 0 bridgehead atoms. The van der Waals surface area contributed by atoms with Crippen LogP contribution in [0.5, 0.6) is 0 Å². The van der Waals surface area contributed by atoms with Gasteiger partial charge >= 0.3 is 6.18 Å². The fourth-order valence-electron chi connectivity index (χ4n) is 2.05. The fraction of sp³-hybridized carbons (Fsp3) is 0.125. The molecule has 2 N–H and O–H groups in total. The molecule has 2 heterocycles. The molecule has 6 nitrogen and oxygen atoms in total. The Morgan fingerprint density at radius 2 is 1.85 bits per heavy atom. The first-order valence-corrected chi connectivity index (χ1v) is 9.30. The first-order chi connectivity index (χ1) is 12.8. The lowest BCUT2D eigenvalue weighted by Crippen LogP contribution is -2.42. The molecule has 11 heteroatoms. The molecule has 0 aliphatic rings. The van der Waals surface area contributed by atoms with Gasteiger partial charge in [-0.1, -0.05) is 36.0 Å². The standard InChI is InChI=1S/C16H11F3N4O2S2/c17-16(18,19)15-20-10-5-2-1-4-9(10)14(21-15)27-8-12(24)22-23-13(25)11-6-3-7-26-11/h1-7H,8H2,(H,22,24)(H,23,25). The van der Waals surface area contributed by atoms with Crippen LogP contribution < -0.4 is 10.9 Å². The minimum atomic E-state index is -4.70. The summed E-state index contributed by atoms with van der Waals surface area (Å²) in [5.74, 6) is -2.56. The number of halogens is 3. The number of amides is 2. The number of carbonyl (C=O) groups excluding carboxylic acids is 2. The lowest BCUT2D eigenvalue weighted by Gasteiger charge is -2.10. The zero-order chi connectivity index (χ0) is 19.4. The Labute approximate surface area is 159 Å². The lowest BCUT2D eigenvalue weighted by molar-refractivity contribution is -0.145. The van der Waals surface area contributed by atoms with E-state index in [4.69, 9.17) is 0 Å². The molecule has 0 radical (unpaired) electrons. The van der Waals surface area contributed by atoms with Crippen LogP contribution in [0.25, 0.3) is 10.9 Å². The highest BCUT2D eigenvalue weighted by atomic mass is 32.2. The first-order valence-electron chi connectivity index (χ1n) is 7.44. The minimum absolute atomic E-state index is 0.0349. The molecule has 0 fully saturated rings. The molecule has 27 heavy (non-hydrogen) atoms. The SMILES string of the molecule is O=C(CSc1nc(C(F)(F)F)nc2ccccc12)NNC(=O)c1cccs1. The average molecular weight is 412 g/mol. The van der Waals surface area contributed by atoms with Gasteiger partial charge in [0.15, 0.2) is 0 Å². The lowest BCUT2D eigenvalue weighted by atomic mass is 10.2. The third-order valence-electron chi connectivity index (χ3n) is 3.22. The molecule has 2 amide bonds. The number of aromatic nitrogens is 2. The molecule has 0 unspecified atom stereocenters. The molecule has 0 aliphatic carbocycles. The number of benzene rings is 1. The topological polar surface area (TPSA) is 84.0 Å². The minimum Gasteiger partial charge on any atom is -0.272 e. The highest BCUT2D eigenvalue weighted by Crippen LogP contribution is 2.31. The van der Waals surface area contributed by atoms with Crippen LogP contribution in [0.1, 0.15) is 15.5 Å². The molecule has 3 aromatic rings. The Kier molecular flexibility index (Phi) is 5.61. The van der Waals surface area contributed by atoms with E-state index in [9.17, 15) is 22.8 Å². The van der Waals surface area contributed by atoms with Crippen molar-refractivity contribution >= 4 is 45.8 Å². The summed E-state index contributed by atoms with van der Waals surface area (Å²) < 4.78 is 38.9. The zero-order valence-electron chi connectivity index (χ0n) is 13.4. The number of thioether (sulfide) groups is 1. The van der Waals surface area contributed by atoms with E-state index in [0.717, 1.165) is 11.8 Å². The van der Waals surface area contributed by atoms with Gasteiger partial charge in [0.2, 0.25) is 11.7 Å². The number of nitrogens with one attached hydrogen (secondary N) is 2. The molecule has 3 rings (SSSR count). The van der Waals surface area contributed by atoms with E-state index in [0.29, 0.717) is 10.3 Å². The van der Waals surface area contributed by atoms with E-state index in [1.165, 1.54) is 17.4 Å². The molecule has 0 saturated carbocycles. The van der Waals surface area contributed by atoms with Gasteiger partial charge in [0.25, 0.3) is 5.91 Å². The van der Waals surface area contributed by atoms with Crippen molar-refractivity contribution in [2.24, 2.45) is 0 Å². The highest BCUT2D eigenvalue weighted by molar-refractivity contribution is 8.00. The molecule has 2 aromatic heterocycles. The van der Waals surface area contributed by atoms with Gasteiger partial charge in [0.05, 0.1) is 16.1 Å².